The molecule has 16 aromatic carbocycles. The average Bonchev–Trinajstić information content (AvgIpc) is 1.54. The molecule has 0 fully saturated rings. The zero-order valence-corrected chi connectivity index (χ0v) is 73.3. The van der Waals surface area contributed by atoms with Crippen LogP contribution in [0.15, 0.2) is 303 Å². The summed E-state index contributed by atoms with van der Waals surface area (Å²) < 4.78 is 183. The van der Waals surface area contributed by atoms with Gasteiger partial charge in [-0.05, 0) is 201 Å². The number of hydrogen-bond acceptors (Lipinski definition) is 0. The number of halogens is 10. The van der Waals surface area contributed by atoms with Crippen molar-refractivity contribution in [2.45, 2.75) is 117 Å². The fourth-order valence-corrected chi connectivity index (χ4v) is 20.4. The quantitative estimate of drug-likeness (QED) is 0.129. The van der Waals surface area contributed by atoms with Crippen molar-refractivity contribution in [2.24, 2.45) is 0 Å². The summed E-state index contributed by atoms with van der Waals surface area (Å²) in [4.78, 5) is 0. The molecule has 0 aliphatic rings. The molecule has 6 heterocycles. The lowest BCUT2D eigenvalue weighted by molar-refractivity contribution is -0.137. The van der Waals surface area contributed by atoms with Crippen molar-refractivity contribution in [1.29, 1.82) is 0 Å². The summed E-state index contributed by atoms with van der Waals surface area (Å²) in [5.41, 5.74) is 7.00. The molecule has 6 nitrogen and oxygen atoms in total. The van der Waals surface area contributed by atoms with Crippen LogP contribution in [-0.4, -0.2) is 27.4 Å². The molecule has 0 amide bonds. The van der Waals surface area contributed by atoms with Crippen molar-refractivity contribution in [1.82, 2.24) is 27.4 Å². The third-order valence-corrected chi connectivity index (χ3v) is 26.8. The summed E-state index contributed by atoms with van der Waals surface area (Å²) in [6.07, 6.45) is -10.4. The number of para-hydroxylation sites is 5. The van der Waals surface area contributed by atoms with Crippen molar-refractivity contribution in [3.05, 3.63) is 360 Å². The van der Waals surface area contributed by atoms with Crippen molar-refractivity contribution in [3.63, 3.8) is 0 Å². The van der Waals surface area contributed by atoms with Gasteiger partial charge in [-0.25, -0.2) is 17.6 Å². The van der Waals surface area contributed by atoms with Gasteiger partial charge in [-0.3, -0.25) is 0 Å². The topological polar surface area (TPSA) is 29.6 Å². The smallest absolute Gasteiger partial charge is 0.309 e. The molecule has 0 aliphatic carbocycles. The molecule has 0 spiro atoms. The first-order chi connectivity index (χ1) is 62.0. The molecule has 0 radical (unpaired) electrons. The molecule has 0 aliphatic heterocycles. The highest BCUT2D eigenvalue weighted by Gasteiger charge is 2.41. The van der Waals surface area contributed by atoms with E-state index in [2.05, 4.69) is 179 Å². The van der Waals surface area contributed by atoms with Gasteiger partial charge >= 0.3 is 12.4 Å². The molecule has 0 unspecified atom stereocenters. The lowest BCUT2D eigenvalue weighted by atomic mass is 9.86. The van der Waals surface area contributed by atoms with Crippen molar-refractivity contribution >= 4 is 131 Å². The Morgan fingerprint density at radius 2 is 0.477 bits per heavy atom. The van der Waals surface area contributed by atoms with E-state index >= 15 is 43.9 Å². The number of nitrogens with zero attached hydrogens (tertiary/aromatic N) is 6. The second kappa shape index (κ2) is 28.6. The highest BCUT2D eigenvalue weighted by atomic mass is 19.4. The van der Waals surface area contributed by atoms with Crippen LogP contribution in [0.4, 0.5) is 43.9 Å². The van der Waals surface area contributed by atoms with Crippen molar-refractivity contribution in [2.75, 3.05) is 0 Å². The lowest BCUT2D eigenvalue weighted by Gasteiger charge is -2.25. The van der Waals surface area contributed by atoms with Crippen LogP contribution in [-0.2, 0) is 34.0 Å². The number of alkyl halides is 6. The summed E-state index contributed by atoms with van der Waals surface area (Å²) in [6.45, 7) is 25.2. The maximum Gasteiger partial charge on any atom is 0.417 e. The Hall–Kier alpha value is -14.4. The van der Waals surface area contributed by atoms with Gasteiger partial charge in [0.2, 0.25) is 0 Å². The maximum atomic E-state index is 18.8. The van der Waals surface area contributed by atoms with Gasteiger partial charge in [0.15, 0.2) is 0 Å². The van der Waals surface area contributed by atoms with Gasteiger partial charge < -0.3 is 27.4 Å². The standard InChI is InChI=1S/C114H86F10N6/c1-109(2,3)64-39-45-75-76-46-40-65(110(4,5)6)54-99(76)129(98(75)53-64)103-60-83(85(114(122,123)124)62-105(103)130-100-55-66(111(7,8)9)41-47-77(100)78-48-42-67(56-101(78)130)112(10,11)12)108-88(117)51-63(52-89(108)118)70-30-23-38-97-106(70)79-29-17-22-37-94(79)126(97)69-44-50-96-81(58-69)74-28-16-21-36-93(74)128(96)104-61-84(113(119,120)121)82(107-86(115)31-24-32-87(107)116)59-102(104)127-92-35-20-15-27-73(92)80-57-68(43-49-95(80)127)125-90-33-18-13-25-71(90)72-26-14-19-34-91(72)125/h13-62H,1-12H3. The van der Waals surface area contributed by atoms with Crippen molar-refractivity contribution in [3.8, 4) is 67.5 Å². The molecule has 0 saturated carbocycles. The molecular formula is C114H86F10N6. The third kappa shape index (κ3) is 12.6. The van der Waals surface area contributed by atoms with E-state index in [0.29, 0.717) is 88.0 Å². The van der Waals surface area contributed by atoms with E-state index in [1.54, 1.807) is 22.8 Å². The highest BCUT2D eigenvalue weighted by molar-refractivity contribution is 6.19. The van der Waals surface area contributed by atoms with Gasteiger partial charge in [-0.2, -0.15) is 26.3 Å². The van der Waals surface area contributed by atoms with Gasteiger partial charge in [-0.15, -0.1) is 0 Å². The third-order valence-electron chi connectivity index (χ3n) is 26.8. The number of fused-ring (bicyclic) bond motifs is 18. The fourth-order valence-electron chi connectivity index (χ4n) is 20.4. The van der Waals surface area contributed by atoms with E-state index in [1.165, 1.54) is 12.1 Å². The van der Waals surface area contributed by atoms with Crippen LogP contribution in [0.2, 0.25) is 0 Å². The Balaban J connectivity index is 0.746. The van der Waals surface area contributed by atoms with E-state index in [4.69, 9.17) is 0 Å². The predicted octanol–water partition coefficient (Wildman–Crippen LogP) is 33.1. The van der Waals surface area contributed by atoms with E-state index in [1.807, 2.05) is 158 Å². The van der Waals surface area contributed by atoms with Crippen LogP contribution in [0, 0.1) is 23.3 Å². The van der Waals surface area contributed by atoms with Crippen LogP contribution in [0.1, 0.15) is 116 Å². The minimum absolute atomic E-state index is 0.0383. The second-order valence-electron chi connectivity index (χ2n) is 38.8. The van der Waals surface area contributed by atoms with E-state index in [-0.39, 0.29) is 28.3 Å². The van der Waals surface area contributed by atoms with Gasteiger partial charge in [0.05, 0.1) is 111 Å². The van der Waals surface area contributed by atoms with Gasteiger partial charge in [0.25, 0.3) is 0 Å². The highest BCUT2D eigenvalue weighted by Crippen LogP contribution is 2.53. The lowest BCUT2D eigenvalue weighted by Crippen LogP contribution is -2.15. The maximum absolute atomic E-state index is 18.8. The summed E-state index contributed by atoms with van der Waals surface area (Å²) in [6, 6.07) is 90.5. The zero-order chi connectivity index (χ0) is 90.4. The summed E-state index contributed by atoms with van der Waals surface area (Å²) in [7, 11) is 0. The molecule has 642 valence electrons. The Morgan fingerprint density at radius 1 is 0.200 bits per heavy atom. The molecule has 0 N–H and O–H groups in total. The van der Waals surface area contributed by atoms with Crippen LogP contribution < -0.4 is 0 Å². The minimum Gasteiger partial charge on any atom is -0.309 e. The molecular weight excluding hydrogens is 1640 g/mol. The summed E-state index contributed by atoms with van der Waals surface area (Å²) in [5, 5.41) is 9.36. The molecule has 22 rings (SSSR count). The Bertz CT molecular complexity index is 8380. The second-order valence-corrected chi connectivity index (χ2v) is 38.8. The van der Waals surface area contributed by atoms with E-state index in [9.17, 15) is 0 Å². The SMILES string of the molecule is CC(C)(C)c1ccc2c3ccc(C(C)(C)C)cc3n(-c3cc(-c4c(F)cc(-c5cccc6c5c5ccccc5n6-c5ccc6c(c5)c5ccccc5n6-c5cc(C(F)(F)F)c(-c6c(F)cccc6F)cc5-n5c6ccccc6c6cc(-n7c8ccccc8c8ccccc87)ccc65)cc4F)c(C(F)(F)F)cc3-n3c4cc(C(C)(C)C)ccc4c4ccc(C(C)(C)C)cc43)c2c1. The summed E-state index contributed by atoms with van der Waals surface area (Å²) >= 11 is 0. The van der Waals surface area contributed by atoms with Gasteiger partial charge in [0, 0.05) is 87.1 Å². The molecule has 0 saturated heterocycles. The molecule has 22 aromatic rings. The molecule has 0 bridgehead atoms. The molecule has 6 aromatic heterocycles. The van der Waals surface area contributed by atoms with Crippen LogP contribution in [0.3, 0.4) is 0 Å². The number of aromatic nitrogens is 6. The van der Waals surface area contributed by atoms with Crippen LogP contribution in [0.5, 0.6) is 0 Å². The number of benzene rings is 16. The molecule has 130 heavy (non-hydrogen) atoms. The normalized spacial score (nSPS) is 13.0. The largest absolute Gasteiger partial charge is 0.417 e. The van der Waals surface area contributed by atoms with Crippen LogP contribution in [0.25, 0.3) is 198 Å². The minimum atomic E-state index is -5.20. The van der Waals surface area contributed by atoms with E-state index < -0.39 is 90.7 Å². The Kier molecular flexibility index (Phi) is 17.9. The van der Waals surface area contributed by atoms with Gasteiger partial charge in [0.1, 0.15) is 23.3 Å². The van der Waals surface area contributed by atoms with E-state index in [0.717, 1.165) is 125 Å². The van der Waals surface area contributed by atoms with Crippen molar-refractivity contribution < 1.29 is 43.9 Å². The van der Waals surface area contributed by atoms with Crippen LogP contribution >= 0.6 is 0 Å². The predicted molar refractivity (Wildman–Crippen MR) is 513 cm³/mol. The zero-order valence-electron chi connectivity index (χ0n) is 73.3. The summed E-state index contributed by atoms with van der Waals surface area (Å²) in [5.74, 6) is -4.84. The molecule has 16 heteroatoms. The fraction of sp³-hybridized carbons (Fsp3) is 0.158. The Morgan fingerprint density at radius 3 is 0.838 bits per heavy atom. The first-order valence-corrected chi connectivity index (χ1v) is 43.7. The number of rotatable bonds is 9. The molecule has 0 atom stereocenters. The first-order valence-electron chi connectivity index (χ1n) is 43.7. The monoisotopic (exact) mass is 1730 g/mol. The Labute approximate surface area is 742 Å². The first kappa shape index (κ1) is 81.4. The van der Waals surface area contributed by atoms with Gasteiger partial charge in [-0.1, -0.05) is 241 Å². The number of hydrogen-bond donors (Lipinski definition) is 0. The average molecular weight is 1730 g/mol.